The molecule has 0 unspecified atom stereocenters. The molecule has 0 aliphatic heterocycles. The molecule has 0 aromatic carbocycles. The lowest BCUT2D eigenvalue weighted by atomic mass is 9.48. The van der Waals surface area contributed by atoms with Crippen LogP contribution in [0.1, 0.15) is 39.5 Å². The van der Waals surface area contributed by atoms with Gasteiger partial charge in [-0.15, -0.1) is 0 Å². The summed E-state index contributed by atoms with van der Waals surface area (Å²) in [5.74, 6) is 1.16. The summed E-state index contributed by atoms with van der Waals surface area (Å²) in [5.41, 5.74) is 8.58. The van der Waals surface area contributed by atoms with Crippen molar-refractivity contribution in [2.24, 2.45) is 34.3 Å². The van der Waals surface area contributed by atoms with Gasteiger partial charge >= 0.3 is 0 Å². The Morgan fingerprint density at radius 3 is 2.77 bits per heavy atom. The zero-order valence-corrected chi connectivity index (χ0v) is 13.5. The van der Waals surface area contributed by atoms with Crippen LogP contribution in [0.25, 0.3) is 0 Å². The lowest BCUT2D eigenvalue weighted by Crippen LogP contribution is -2.53. The van der Waals surface area contributed by atoms with Gasteiger partial charge in [0.1, 0.15) is 0 Å². The van der Waals surface area contributed by atoms with E-state index in [0.717, 1.165) is 25.0 Å². The van der Waals surface area contributed by atoms with Crippen molar-refractivity contribution in [2.45, 2.75) is 51.7 Å². The number of aliphatic hydroxyl groups excluding tert-OH is 2. The Morgan fingerprint density at radius 2 is 2.00 bits per heavy atom. The van der Waals surface area contributed by atoms with Crippen LogP contribution in [0.2, 0.25) is 0 Å². The van der Waals surface area contributed by atoms with Crippen LogP contribution in [0.15, 0.2) is 35.6 Å². The van der Waals surface area contributed by atoms with Crippen LogP contribution in [0.3, 0.4) is 0 Å². The van der Waals surface area contributed by atoms with E-state index in [-0.39, 0.29) is 16.7 Å². The Kier molecular flexibility index (Phi) is 2.96. The van der Waals surface area contributed by atoms with Crippen molar-refractivity contribution in [3.05, 3.63) is 35.6 Å². The molecule has 0 saturated heterocycles. The highest BCUT2D eigenvalue weighted by atomic mass is 16.3. The first-order chi connectivity index (χ1) is 10.4. The smallest absolute Gasteiger partial charge is 0.0758 e. The Bertz CT molecular complexity index is 592. The van der Waals surface area contributed by atoms with Gasteiger partial charge in [-0.2, -0.15) is 0 Å². The number of rotatable bonds is 0. The van der Waals surface area contributed by atoms with E-state index in [1.54, 1.807) is 0 Å². The topological polar surface area (TPSA) is 66.5 Å². The number of allylic oxidation sites excluding steroid dienone is 3. The fraction of sp³-hybridized carbons (Fsp3) is 0.684. The second-order valence-electron chi connectivity index (χ2n) is 8.24. The zero-order valence-electron chi connectivity index (χ0n) is 13.5. The molecular formula is C19H27NO2. The van der Waals surface area contributed by atoms with E-state index in [1.807, 2.05) is 12.2 Å². The van der Waals surface area contributed by atoms with Gasteiger partial charge in [0.2, 0.25) is 0 Å². The molecule has 120 valence electrons. The fourth-order valence-electron chi connectivity index (χ4n) is 5.83. The van der Waals surface area contributed by atoms with E-state index in [9.17, 15) is 10.2 Å². The van der Waals surface area contributed by atoms with E-state index < -0.39 is 12.2 Å². The average molecular weight is 301 g/mol. The van der Waals surface area contributed by atoms with Gasteiger partial charge < -0.3 is 15.9 Å². The van der Waals surface area contributed by atoms with Gasteiger partial charge in [0.15, 0.2) is 0 Å². The maximum atomic E-state index is 10.8. The van der Waals surface area contributed by atoms with Crippen LogP contribution in [-0.4, -0.2) is 22.4 Å². The molecular weight excluding hydrogens is 274 g/mol. The SMILES string of the molecule is C[C@]12C=C[C@H](O)CC1=C[C@H](O)[C@@H]1[C@@H]2CC[C@]2(C)C(N)=CC[C@@H]12. The van der Waals surface area contributed by atoms with Gasteiger partial charge in [-0.05, 0) is 43.4 Å². The van der Waals surface area contributed by atoms with Gasteiger partial charge in [-0.25, -0.2) is 0 Å². The number of hydrogen-bond donors (Lipinski definition) is 3. The summed E-state index contributed by atoms with van der Waals surface area (Å²) >= 11 is 0. The lowest BCUT2D eigenvalue weighted by molar-refractivity contribution is -0.0557. The minimum atomic E-state index is -0.407. The Morgan fingerprint density at radius 1 is 1.23 bits per heavy atom. The molecule has 4 rings (SSSR count). The molecule has 0 bridgehead atoms. The second kappa shape index (κ2) is 4.48. The van der Waals surface area contributed by atoms with Crippen molar-refractivity contribution in [1.29, 1.82) is 0 Å². The van der Waals surface area contributed by atoms with Crippen molar-refractivity contribution < 1.29 is 10.2 Å². The molecule has 3 nitrogen and oxygen atoms in total. The zero-order chi connectivity index (χ0) is 15.7. The number of nitrogens with two attached hydrogens (primary N) is 1. The second-order valence-corrected chi connectivity index (χ2v) is 8.24. The molecule has 0 heterocycles. The van der Waals surface area contributed by atoms with E-state index >= 15 is 0 Å². The predicted molar refractivity (Wildman–Crippen MR) is 86.7 cm³/mol. The first-order valence-corrected chi connectivity index (χ1v) is 8.59. The molecule has 0 spiro atoms. The van der Waals surface area contributed by atoms with Crippen molar-refractivity contribution in [3.8, 4) is 0 Å². The van der Waals surface area contributed by atoms with Crippen molar-refractivity contribution in [3.63, 3.8) is 0 Å². The summed E-state index contributed by atoms with van der Waals surface area (Å²) in [6.07, 6.45) is 11.4. The van der Waals surface area contributed by atoms with Crippen LogP contribution in [-0.2, 0) is 0 Å². The predicted octanol–water partition coefficient (Wildman–Crippen LogP) is 2.51. The third kappa shape index (κ3) is 1.70. The van der Waals surface area contributed by atoms with Crippen molar-refractivity contribution in [1.82, 2.24) is 0 Å². The Labute approximate surface area is 132 Å². The number of fused-ring (bicyclic) bond motifs is 5. The standard InChI is InChI=1S/C19H27NO2/c1-18-7-5-12(21)9-11(18)10-15(22)17-13-3-4-16(20)19(13,2)8-6-14(17)18/h4-5,7,10,12-15,17,21-22H,3,6,8-9,20H2,1-2H3/t12-,13-,14-,15-,17-,18-,19-/m0/s1. The van der Waals surface area contributed by atoms with E-state index in [1.165, 1.54) is 5.57 Å². The number of aliphatic hydroxyl groups is 2. The van der Waals surface area contributed by atoms with Gasteiger partial charge in [0, 0.05) is 16.5 Å². The molecule has 0 aromatic heterocycles. The monoisotopic (exact) mass is 301 g/mol. The highest BCUT2D eigenvalue weighted by Gasteiger charge is 2.58. The van der Waals surface area contributed by atoms with E-state index in [0.29, 0.717) is 18.3 Å². The Balaban J connectivity index is 1.77. The van der Waals surface area contributed by atoms with Gasteiger partial charge in [-0.1, -0.05) is 43.7 Å². The highest BCUT2D eigenvalue weighted by molar-refractivity contribution is 5.36. The molecule has 4 aliphatic carbocycles. The van der Waals surface area contributed by atoms with Crippen LogP contribution in [0, 0.1) is 28.6 Å². The molecule has 4 aliphatic rings. The molecule has 1 fully saturated rings. The lowest BCUT2D eigenvalue weighted by Gasteiger charge is -2.57. The third-order valence-electron chi connectivity index (χ3n) is 7.30. The Hall–Kier alpha value is -1.06. The molecule has 0 radical (unpaired) electrons. The largest absolute Gasteiger partial charge is 0.402 e. The highest BCUT2D eigenvalue weighted by Crippen LogP contribution is 2.63. The molecule has 0 amide bonds. The van der Waals surface area contributed by atoms with Crippen LogP contribution < -0.4 is 5.73 Å². The number of hydrogen-bond acceptors (Lipinski definition) is 3. The summed E-state index contributed by atoms with van der Waals surface area (Å²) in [6.45, 7) is 4.57. The van der Waals surface area contributed by atoms with Crippen LogP contribution in [0.5, 0.6) is 0 Å². The summed E-state index contributed by atoms with van der Waals surface area (Å²) in [4.78, 5) is 0. The third-order valence-corrected chi connectivity index (χ3v) is 7.30. The minimum absolute atomic E-state index is 0.0121. The molecule has 1 saturated carbocycles. The van der Waals surface area contributed by atoms with Crippen LogP contribution in [0.4, 0.5) is 0 Å². The summed E-state index contributed by atoms with van der Waals surface area (Å²) in [6, 6.07) is 0. The van der Waals surface area contributed by atoms with Crippen LogP contribution >= 0.6 is 0 Å². The van der Waals surface area contributed by atoms with Crippen molar-refractivity contribution >= 4 is 0 Å². The first kappa shape index (κ1) is 14.5. The van der Waals surface area contributed by atoms with Gasteiger partial charge in [-0.3, -0.25) is 0 Å². The fourth-order valence-corrected chi connectivity index (χ4v) is 5.83. The average Bonchev–Trinajstić information content (AvgIpc) is 2.77. The quantitative estimate of drug-likeness (QED) is 0.602. The molecule has 0 aromatic rings. The van der Waals surface area contributed by atoms with Crippen molar-refractivity contribution in [2.75, 3.05) is 0 Å². The molecule has 22 heavy (non-hydrogen) atoms. The van der Waals surface area contributed by atoms with Gasteiger partial charge in [0.25, 0.3) is 0 Å². The summed E-state index contributed by atoms with van der Waals surface area (Å²) in [7, 11) is 0. The van der Waals surface area contributed by atoms with Gasteiger partial charge in [0.05, 0.1) is 12.2 Å². The maximum absolute atomic E-state index is 10.8. The summed E-state index contributed by atoms with van der Waals surface area (Å²) in [5, 5.41) is 20.8. The van der Waals surface area contributed by atoms with E-state index in [4.69, 9.17) is 5.73 Å². The molecule has 3 heteroatoms. The maximum Gasteiger partial charge on any atom is 0.0758 e. The minimum Gasteiger partial charge on any atom is -0.402 e. The first-order valence-electron chi connectivity index (χ1n) is 8.59. The normalized spacial score (nSPS) is 53.2. The van der Waals surface area contributed by atoms with E-state index in [2.05, 4.69) is 26.0 Å². The summed E-state index contributed by atoms with van der Waals surface area (Å²) < 4.78 is 0. The molecule has 7 atom stereocenters. The molecule has 4 N–H and O–H groups in total.